The molecule has 1 rings (SSSR count). The van der Waals surface area contributed by atoms with Gasteiger partial charge < -0.3 is 4.90 Å². The number of hydrogen-bond acceptors (Lipinski definition) is 5. The van der Waals surface area contributed by atoms with Gasteiger partial charge in [-0.15, -0.1) is 0 Å². The number of nitro groups is 1. The molecule has 0 atom stereocenters. The van der Waals surface area contributed by atoms with Gasteiger partial charge in [0, 0.05) is 36.7 Å². The van der Waals surface area contributed by atoms with Gasteiger partial charge in [-0.2, -0.15) is 0 Å². The van der Waals surface area contributed by atoms with Gasteiger partial charge >= 0.3 is 0 Å². The van der Waals surface area contributed by atoms with Crippen LogP contribution >= 0.6 is 11.8 Å². The van der Waals surface area contributed by atoms with Gasteiger partial charge in [0.15, 0.2) is 5.78 Å². The fraction of sp³-hybridized carbons (Fsp3) is 0.273. The second-order valence-corrected chi connectivity index (χ2v) is 4.75. The number of nitro benzene ring substituents is 1. The van der Waals surface area contributed by atoms with Crippen LogP contribution in [0.1, 0.15) is 17.3 Å². The molecule has 1 aromatic carbocycles. The van der Waals surface area contributed by atoms with E-state index in [0.717, 1.165) is 11.8 Å². The van der Waals surface area contributed by atoms with E-state index < -0.39 is 4.92 Å². The molecule has 18 heavy (non-hydrogen) atoms. The average molecular weight is 268 g/mol. The third kappa shape index (κ3) is 3.30. The molecular weight excluding hydrogens is 256 g/mol. The molecule has 1 aromatic rings. The van der Waals surface area contributed by atoms with Crippen LogP contribution in [0.4, 0.5) is 10.5 Å². The Morgan fingerprint density at radius 3 is 2.39 bits per heavy atom. The Hall–Kier alpha value is -1.89. The normalized spacial score (nSPS) is 9.94. The van der Waals surface area contributed by atoms with E-state index in [4.69, 9.17) is 0 Å². The maximum absolute atomic E-state index is 11.5. The van der Waals surface area contributed by atoms with Gasteiger partial charge in [-0.1, -0.05) is 0 Å². The number of ketones is 1. The topological polar surface area (TPSA) is 80.5 Å². The van der Waals surface area contributed by atoms with Crippen LogP contribution in [0.2, 0.25) is 0 Å². The highest BCUT2D eigenvalue weighted by Gasteiger charge is 2.17. The molecule has 7 heteroatoms. The van der Waals surface area contributed by atoms with E-state index in [9.17, 15) is 19.7 Å². The Morgan fingerprint density at radius 2 is 1.94 bits per heavy atom. The molecule has 6 nitrogen and oxygen atoms in total. The lowest BCUT2D eigenvalue weighted by molar-refractivity contribution is -0.384. The molecule has 0 aliphatic heterocycles. The molecule has 0 aliphatic carbocycles. The largest absolute Gasteiger partial charge is 0.339 e. The first-order valence-corrected chi connectivity index (χ1v) is 5.83. The van der Waals surface area contributed by atoms with Gasteiger partial charge in [0.1, 0.15) is 0 Å². The van der Waals surface area contributed by atoms with Crippen LogP contribution in [0.15, 0.2) is 23.1 Å². The number of hydrogen-bond donors (Lipinski definition) is 0. The minimum atomic E-state index is -0.575. The molecule has 96 valence electrons. The van der Waals surface area contributed by atoms with Crippen LogP contribution in [-0.2, 0) is 0 Å². The van der Waals surface area contributed by atoms with Gasteiger partial charge in [-0.05, 0) is 24.8 Å². The maximum atomic E-state index is 11.5. The number of rotatable bonds is 3. The lowest BCUT2D eigenvalue weighted by atomic mass is 10.1. The Balaban J connectivity index is 3.16. The minimum Gasteiger partial charge on any atom is -0.339 e. The third-order valence-electron chi connectivity index (χ3n) is 2.12. The van der Waals surface area contributed by atoms with E-state index in [-0.39, 0.29) is 22.3 Å². The van der Waals surface area contributed by atoms with Gasteiger partial charge in [0.25, 0.3) is 10.9 Å². The van der Waals surface area contributed by atoms with Crippen LogP contribution < -0.4 is 0 Å². The maximum Gasteiger partial charge on any atom is 0.285 e. The van der Waals surface area contributed by atoms with Crippen molar-refractivity contribution in [3.8, 4) is 0 Å². The number of non-ortho nitro benzene ring substituents is 1. The highest BCUT2D eigenvalue weighted by atomic mass is 32.2. The van der Waals surface area contributed by atoms with Gasteiger partial charge in [0.2, 0.25) is 0 Å². The molecular formula is C11H12N2O4S. The number of Topliss-reactive ketones (excluding diaryl/α,β-unsaturated/α-hetero) is 1. The van der Waals surface area contributed by atoms with Crippen molar-refractivity contribution in [2.75, 3.05) is 14.1 Å². The quantitative estimate of drug-likeness (QED) is 0.364. The van der Waals surface area contributed by atoms with Gasteiger partial charge in [-0.3, -0.25) is 19.7 Å². The van der Waals surface area contributed by atoms with Crippen molar-refractivity contribution in [3.05, 3.63) is 33.9 Å². The third-order valence-corrected chi connectivity index (χ3v) is 3.23. The molecule has 0 radical (unpaired) electrons. The summed E-state index contributed by atoms with van der Waals surface area (Å²) in [7, 11) is 3.18. The minimum absolute atomic E-state index is 0.165. The van der Waals surface area contributed by atoms with E-state index in [0.29, 0.717) is 4.90 Å². The Morgan fingerprint density at radius 1 is 1.33 bits per heavy atom. The summed E-state index contributed by atoms with van der Waals surface area (Å²) in [6, 6.07) is 3.88. The van der Waals surface area contributed by atoms with Crippen molar-refractivity contribution in [2.45, 2.75) is 11.8 Å². The number of benzene rings is 1. The smallest absolute Gasteiger partial charge is 0.285 e. The zero-order valence-corrected chi connectivity index (χ0v) is 11.0. The number of carbonyl (C=O) groups is 2. The van der Waals surface area contributed by atoms with Crippen LogP contribution in [-0.4, -0.2) is 34.9 Å². The molecule has 0 unspecified atom stereocenters. The first-order valence-electron chi connectivity index (χ1n) is 5.01. The van der Waals surface area contributed by atoms with Crippen molar-refractivity contribution < 1.29 is 14.5 Å². The van der Waals surface area contributed by atoms with E-state index in [2.05, 4.69) is 0 Å². The lowest BCUT2D eigenvalue weighted by Gasteiger charge is -2.10. The highest BCUT2D eigenvalue weighted by molar-refractivity contribution is 8.13. The molecule has 1 amide bonds. The monoisotopic (exact) mass is 268 g/mol. The SMILES string of the molecule is CC(=O)c1cc([N+](=O)[O-])ccc1SC(=O)N(C)C. The predicted molar refractivity (Wildman–Crippen MR) is 68.0 cm³/mol. The first kappa shape index (κ1) is 14.2. The molecule has 0 heterocycles. The van der Waals surface area contributed by atoms with Gasteiger partial charge in [0.05, 0.1) is 4.92 Å². The Bertz CT molecular complexity index is 514. The van der Waals surface area contributed by atoms with E-state index in [1.165, 1.54) is 30.0 Å². The summed E-state index contributed by atoms with van der Waals surface area (Å²) in [5.74, 6) is -0.312. The molecule has 0 saturated carbocycles. The fourth-order valence-corrected chi connectivity index (χ4v) is 2.00. The van der Waals surface area contributed by atoms with Crippen molar-refractivity contribution >= 4 is 28.5 Å². The zero-order chi connectivity index (χ0) is 13.9. The molecule has 0 aromatic heterocycles. The molecule has 0 bridgehead atoms. The van der Waals surface area contributed by atoms with Crippen LogP contribution in [0.5, 0.6) is 0 Å². The van der Waals surface area contributed by atoms with Gasteiger partial charge in [-0.25, -0.2) is 0 Å². The predicted octanol–water partition coefficient (Wildman–Crippen LogP) is 2.57. The van der Waals surface area contributed by atoms with Crippen molar-refractivity contribution in [3.63, 3.8) is 0 Å². The molecule has 0 fully saturated rings. The molecule has 0 aliphatic rings. The zero-order valence-electron chi connectivity index (χ0n) is 10.2. The lowest BCUT2D eigenvalue weighted by Crippen LogP contribution is -2.16. The summed E-state index contributed by atoms with van der Waals surface area (Å²) >= 11 is 0.871. The van der Waals surface area contributed by atoms with E-state index in [1.54, 1.807) is 14.1 Å². The number of nitrogens with zero attached hydrogens (tertiary/aromatic N) is 2. The van der Waals surface area contributed by atoms with E-state index >= 15 is 0 Å². The fourth-order valence-electron chi connectivity index (χ4n) is 1.18. The van der Waals surface area contributed by atoms with Crippen LogP contribution in [0, 0.1) is 10.1 Å². The standard InChI is InChI=1S/C11H12N2O4S/c1-7(14)9-6-8(13(16)17)4-5-10(9)18-11(15)12(2)3/h4-6H,1-3H3. The number of carbonyl (C=O) groups excluding carboxylic acids is 2. The highest BCUT2D eigenvalue weighted by Crippen LogP contribution is 2.28. The second-order valence-electron chi connectivity index (χ2n) is 3.76. The van der Waals surface area contributed by atoms with Crippen LogP contribution in [0.25, 0.3) is 0 Å². The number of thioether (sulfide) groups is 1. The first-order chi connectivity index (χ1) is 8.32. The summed E-state index contributed by atoms with van der Waals surface area (Å²) < 4.78 is 0. The molecule has 0 spiro atoms. The molecule has 0 saturated heterocycles. The Labute approximate surface area is 108 Å². The molecule has 0 N–H and O–H groups in total. The number of amides is 1. The van der Waals surface area contributed by atoms with Crippen molar-refractivity contribution in [1.29, 1.82) is 0 Å². The summed E-state index contributed by atoms with van der Waals surface area (Å²) in [5.41, 5.74) is 0.0197. The summed E-state index contributed by atoms with van der Waals surface area (Å²) in [5, 5.41) is 10.4. The van der Waals surface area contributed by atoms with Crippen LogP contribution in [0.3, 0.4) is 0 Å². The van der Waals surface area contributed by atoms with Crippen molar-refractivity contribution in [2.24, 2.45) is 0 Å². The second kappa shape index (κ2) is 5.63. The average Bonchev–Trinajstić information content (AvgIpc) is 2.28. The van der Waals surface area contributed by atoms with Crippen molar-refractivity contribution in [1.82, 2.24) is 4.90 Å². The summed E-state index contributed by atoms with van der Waals surface area (Å²) in [6.45, 7) is 1.31. The summed E-state index contributed by atoms with van der Waals surface area (Å²) in [6.07, 6.45) is 0. The van der Waals surface area contributed by atoms with E-state index in [1.807, 2.05) is 0 Å². The summed E-state index contributed by atoms with van der Waals surface area (Å²) in [4.78, 5) is 34.8. The Kier molecular flexibility index (Phi) is 4.43.